The van der Waals surface area contributed by atoms with Crippen LogP contribution in [0.15, 0.2) is 48.5 Å². The molecule has 2 fully saturated rings. The van der Waals surface area contributed by atoms with Gasteiger partial charge in [-0.2, -0.15) is 0 Å². The number of hydrogen-bond acceptors (Lipinski definition) is 6. The number of benzene rings is 2. The molecule has 0 amide bonds. The van der Waals surface area contributed by atoms with Gasteiger partial charge in [-0.1, -0.05) is 30.3 Å². The van der Waals surface area contributed by atoms with Crippen molar-refractivity contribution < 1.29 is 32.5 Å². The van der Waals surface area contributed by atoms with Crippen molar-refractivity contribution in [3.8, 4) is 5.75 Å². The summed E-state index contributed by atoms with van der Waals surface area (Å²) in [5.41, 5.74) is 3.99. The van der Waals surface area contributed by atoms with Crippen molar-refractivity contribution in [3.05, 3.63) is 65.4 Å². The molecule has 2 aromatic carbocycles. The van der Waals surface area contributed by atoms with Gasteiger partial charge < -0.3 is 19.6 Å². The SMILES string of the molecule is COC(=O)[C@@H]1Cc2c([nH]c3ccccc23)[C@H]2C[C@H](N3CC[C@@H](O)C3)C[C@@H](c3ccc(OC(F)(F)F)cc3)N21. The van der Waals surface area contributed by atoms with Crippen molar-refractivity contribution in [1.29, 1.82) is 0 Å². The highest BCUT2D eigenvalue weighted by molar-refractivity contribution is 5.87. The molecule has 38 heavy (non-hydrogen) atoms. The standard InChI is InChI=1S/C28H30F3N3O4/c1-37-27(36)25-14-21-20-4-2-3-5-22(20)32-26(21)24-13-17(33-11-10-18(35)15-33)12-23(34(24)25)16-6-8-19(9-7-16)38-28(29,30)31/h2-9,17-18,23-25,32,35H,10-15H2,1H3/t17-,18-,23+,24-,25+/m1/s1. The third-order valence-corrected chi connectivity index (χ3v) is 8.33. The second kappa shape index (κ2) is 9.59. The first-order chi connectivity index (χ1) is 18.2. The number of aliphatic hydroxyl groups is 1. The maximum absolute atomic E-state index is 13.2. The summed E-state index contributed by atoms with van der Waals surface area (Å²) in [7, 11) is 1.39. The third-order valence-electron chi connectivity index (χ3n) is 8.33. The van der Waals surface area contributed by atoms with Crippen LogP contribution in [0.1, 0.15) is 48.2 Å². The number of alkyl halides is 3. The van der Waals surface area contributed by atoms with E-state index in [-0.39, 0.29) is 35.9 Å². The molecule has 3 aromatic rings. The van der Waals surface area contributed by atoms with E-state index in [2.05, 4.69) is 25.6 Å². The van der Waals surface area contributed by atoms with Crippen molar-refractivity contribution in [3.63, 3.8) is 0 Å². The van der Waals surface area contributed by atoms with Gasteiger partial charge in [-0.3, -0.25) is 14.6 Å². The van der Waals surface area contributed by atoms with E-state index >= 15 is 0 Å². The van der Waals surface area contributed by atoms with Gasteiger partial charge >= 0.3 is 12.3 Å². The van der Waals surface area contributed by atoms with Gasteiger partial charge in [-0.15, -0.1) is 13.2 Å². The summed E-state index contributed by atoms with van der Waals surface area (Å²) >= 11 is 0. The number of rotatable bonds is 4. The van der Waals surface area contributed by atoms with E-state index < -0.39 is 12.4 Å². The molecular weight excluding hydrogens is 499 g/mol. The lowest BCUT2D eigenvalue weighted by molar-refractivity contribution is -0.274. The van der Waals surface area contributed by atoms with Crippen molar-refractivity contribution in [1.82, 2.24) is 14.8 Å². The maximum Gasteiger partial charge on any atom is 0.573 e. The lowest BCUT2D eigenvalue weighted by Gasteiger charge is -2.52. The van der Waals surface area contributed by atoms with E-state index in [4.69, 9.17) is 4.74 Å². The van der Waals surface area contributed by atoms with Gasteiger partial charge in [0, 0.05) is 48.2 Å². The quantitative estimate of drug-likeness (QED) is 0.486. The van der Waals surface area contributed by atoms with E-state index in [1.165, 1.54) is 19.2 Å². The summed E-state index contributed by atoms with van der Waals surface area (Å²) in [6.07, 6.45) is -2.53. The van der Waals surface area contributed by atoms with E-state index in [9.17, 15) is 23.1 Å². The third kappa shape index (κ3) is 4.54. The van der Waals surface area contributed by atoms with E-state index in [0.717, 1.165) is 40.7 Å². The van der Waals surface area contributed by atoms with Crippen molar-refractivity contribution in [2.75, 3.05) is 20.2 Å². The Morgan fingerprint density at radius 2 is 1.82 bits per heavy atom. The van der Waals surface area contributed by atoms with Crippen molar-refractivity contribution >= 4 is 16.9 Å². The molecule has 0 aliphatic carbocycles. The number of para-hydroxylation sites is 1. The molecule has 0 bridgehead atoms. The molecule has 0 unspecified atom stereocenters. The Morgan fingerprint density at radius 3 is 2.50 bits per heavy atom. The monoisotopic (exact) mass is 529 g/mol. The number of halogens is 3. The van der Waals surface area contributed by atoms with E-state index in [0.29, 0.717) is 25.8 Å². The van der Waals surface area contributed by atoms with Crippen LogP contribution >= 0.6 is 0 Å². The van der Waals surface area contributed by atoms with E-state index in [1.54, 1.807) is 12.1 Å². The largest absolute Gasteiger partial charge is 0.573 e. The fourth-order valence-electron chi connectivity index (χ4n) is 6.74. The molecule has 202 valence electrons. The molecule has 0 saturated carbocycles. The fourth-order valence-corrected chi connectivity index (χ4v) is 6.74. The molecule has 5 atom stereocenters. The number of piperidine rings is 1. The van der Waals surface area contributed by atoms with Crippen LogP contribution in [0.5, 0.6) is 5.75 Å². The molecule has 4 heterocycles. The van der Waals surface area contributed by atoms with Gasteiger partial charge in [0.25, 0.3) is 0 Å². The van der Waals surface area contributed by atoms with Crippen LogP contribution in [0, 0.1) is 0 Å². The van der Waals surface area contributed by atoms with Crippen LogP contribution in [0.25, 0.3) is 10.9 Å². The second-order valence-electron chi connectivity index (χ2n) is 10.5. The Morgan fingerprint density at radius 1 is 1.08 bits per heavy atom. The normalized spacial score (nSPS) is 28.2. The van der Waals surface area contributed by atoms with Crippen molar-refractivity contribution in [2.24, 2.45) is 0 Å². The van der Waals surface area contributed by atoms with Crippen molar-refractivity contribution in [2.45, 2.75) is 62.3 Å². The zero-order chi connectivity index (χ0) is 26.6. The first kappa shape index (κ1) is 25.2. The molecule has 3 aliphatic rings. The average Bonchev–Trinajstić information content (AvgIpc) is 3.50. The zero-order valence-corrected chi connectivity index (χ0v) is 20.9. The molecule has 3 aliphatic heterocycles. The van der Waals surface area contributed by atoms with Gasteiger partial charge in [-0.25, -0.2) is 0 Å². The summed E-state index contributed by atoms with van der Waals surface area (Å²) in [5, 5.41) is 11.3. The van der Waals surface area contributed by atoms with Crippen LogP contribution in [0.2, 0.25) is 0 Å². The van der Waals surface area contributed by atoms with Gasteiger partial charge in [0.15, 0.2) is 0 Å². The summed E-state index contributed by atoms with van der Waals surface area (Å²) in [6, 6.07) is 13.2. The Balaban J connectivity index is 1.44. The first-order valence-electron chi connectivity index (χ1n) is 12.9. The van der Waals surface area contributed by atoms with Crippen LogP contribution in [-0.4, -0.2) is 70.6 Å². The van der Waals surface area contributed by atoms with Crippen LogP contribution in [-0.2, 0) is 16.0 Å². The number of methoxy groups -OCH3 is 1. The van der Waals surface area contributed by atoms with E-state index in [1.807, 2.05) is 18.2 Å². The van der Waals surface area contributed by atoms with Gasteiger partial charge in [0.05, 0.1) is 19.3 Å². The molecule has 2 N–H and O–H groups in total. The summed E-state index contributed by atoms with van der Waals surface area (Å²) in [5.74, 6) is -0.614. The summed E-state index contributed by atoms with van der Waals surface area (Å²) < 4.78 is 47.7. The lowest BCUT2D eigenvalue weighted by atomic mass is 9.79. The minimum absolute atomic E-state index is 0.125. The number of H-pyrrole nitrogens is 1. The number of ether oxygens (including phenoxy) is 2. The Bertz CT molecular complexity index is 1330. The molecule has 0 spiro atoms. The minimum Gasteiger partial charge on any atom is -0.468 e. The number of aromatic amines is 1. The average molecular weight is 530 g/mol. The Labute approximate surface area is 218 Å². The number of β-amino-alcohol motifs (C(OH)–C–C–N with tert-alkyl or cyclic N) is 1. The number of esters is 1. The topological polar surface area (TPSA) is 78.0 Å². The number of nitrogens with one attached hydrogen (secondary N) is 1. The predicted molar refractivity (Wildman–Crippen MR) is 133 cm³/mol. The number of hydrogen-bond donors (Lipinski definition) is 2. The number of aliphatic hydroxyl groups excluding tert-OH is 1. The predicted octanol–water partition coefficient (Wildman–Crippen LogP) is 4.48. The molecular formula is C28H30F3N3O4. The fraction of sp³-hybridized carbons (Fsp3) is 0.464. The van der Waals surface area contributed by atoms with Crippen LogP contribution in [0.3, 0.4) is 0 Å². The minimum atomic E-state index is -4.77. The van der Waals surface area contributed by atoms with Gasteiger partial charge in [0.2, 0.25) is 0 Å². The van der Waals surface area contributed by atoms with Crippen LogP contribution in [0.4, 0.5) is 13.2 Å². The van der Waals surface area contributed by atoms with Gasteiger partial charge in [0.1, 0.15) is 11.8 Å². The summed E-state index contributed by atoms with van der Waals surface area (Å²) in [6.45, 7) is 1.37. The number of aromatic nitrogens is 1. The molecule has 10 heteroatoms. The lowest BCUT2D eigenvalue weighted by Crippen LogP contribution is -2.56. The highest BCUT2D eigenvalue weighted by Crippen LogP contribution is 2.50. The molecule has 1 aromatic heterocycles. The Kier molecular flexibility index (Phi) is 6.36. The molecule has 7 nitrogen and oxygen atoms in total. The number of carbonyl (C=O) groups is 1. The first-order valence-corrected chi connectivity index (χ1v) is 12.9. The zero-order valence-electron chi connectivity index (χ0n) is 20.9. The molecule has 0 radical (unpaired) electrons. The number of carbonyl (C=O) groups excluding carboxylic acids is 1. The Hall–Kier alpha value is -3.08. The number of likely N-dealkylation sites (tertiary alicyclic amines) is 1. The molecule has 6 rings (SSSR count). The number of nitrogens with zero attached hydrogens (tertiary/aromatic N) is 2. The number of fused-ring (bicyclic) bond motifs is 5. The maximum atomic E-state index is 13.2. The molecule has 2 saturated heterocycles. The second-order valence-corrected chi connectivity index (χ2v) is 10.5. The van der Waals surface area contributed by atoms with Crippen LogP contribution < -0.4 is 4.74 Å². The highest BCUT2D eigenvalue weighted by Gasteiger charge is 2.49. The smallest absolute Gasteiger partial charge is 0.468 e. The highest BCUT2D eigenvalue weighted by atomic mass is 19.4. The summed E-state index contributed by atoms with van der Waals surface area (Å²) in [4.78, 5) is 21.3. The van der Waals surface area contributed by atoms with Gasteiger partial charge in [-0.05, 0) is 48.6 Å².